The lowest BCUT2D eigenvalue weighted by atomic mass is 9.98. The quantitative estimate of drug-likeness (QED) is 0.468. The number of hydrogen-bond acceptors (Lipinski definition) is 5. The lowest BCUT2D eigenvalue weighted by Gasteiger charge is -2.14. The second-order valence-corrected chi connectivity index (χ2v) is 8.14. The van der Waals surface area contributed by atoms with E-state index in [2.05, 4.69) is 27.9 Å². The first-order valence-corrected chi connectivity index (χ1v) is 11.1. The highest BCUT2D eigenvalue weighted by Gasteiger charge is 2.29. The van der Waals surface area contributed by atoms with Gasteiger partial charge in [-0.25, -0.2) is 9.59 Å². The van der Waals surface area contributed by atoms with Crippen LogP contribution in [0.1, 0.15) is 47.3 Å². The number of fused-ring (bicyclic) bond motifs is 3. The molecule has 0 bridgehead atoms. The minimum absolute atomic E-state index is 0.00111. The molecular weight excluding hydrogens is 436 g/mol. The van der Waals surface area contributed by atoms with Gasteiger partial charge in [0.15, 0.2) is 5.69 Å². The van der Waals surface area contributed by atoms with Crippen LogP contribution in [0.2, 0.25) is 0 Å². The zero-order valence-electron chi connectivity index (χ0n) is 18.9. The second-order valence-electron chi connectivity index (χ2n) is 8.14. The monoisotopic (exact) mass is 462 g/mol. The first kappa shape index (κ1) is 23.0. The number of carboxylic acid groups (broad SMARTS) is 1. The van der Waals surface area contributed by atoms with E-state index < -0.39 is 24.0 Å². The predicted molar refractivity (Wildman–Crippen MR) is 126 cm³/mol. The van der Waals surface area contributed by atoms with Crippen LogP contribution in [0.3, 0.4) is 0 Å². The molecule has 3 N–H and O–H groups in total. The van der Waals surface area contributed by atoms with Gasteiger partial charge in [-0.2, -0.15) is 5.10 Å². The Hall–Kier alpha value is -4.14. The predicted octanol–water partition coefficient (Wildman–Crippen LogP) is 3.76. The van der Waals surface area contributed by atoms with Gasteiger partial charge in [0, 0.05) is 19.0 Å². The molecule has 9 nitrogen and oxygen atoms in total. The summed E-state index contributed by atoms with van der Waals surface area (Å²) >= 11 is 0. The molecule has 2 aromatic carbocycles. The van der Waals surface area contributed by atoms with E-state index in [0.29, 0.717) is 12.8 Å². The van der Waals surface area contributed by atoms with Crippen LogP contribution in [0.15, 0.2) is 54.6 Å². The summed E-state index contributed by atoms with van der Waals surface area (Å²) in [4.78, 5) is 36.2. The topological polar surface area (TPSA) is 123 Å². The number of aryl methyl sites for hydroxylation is 1. The van der Waals surface area contributed by atoms with Gasteiger partial charge in [0.1, 0.15) is 18.5 Å². The number of benzene rings is 2. The highest BCUT2D eigenvalue weighted by molar-refractivity contribution is 5.96. The van der Waals surface area contributed by atoms with Crippen LogP contribution >= 0.6 is 0 Å². The number of carboxylic acids is 1. The number of aromatic nitrogens is 2. The number of amides is 2. The molecule has 1 aromatic heterocycles. The molecule has 0 saturated carbocycles. The molecule has 1 aliphatic carbocycles. The lowest BCUT2D eigenvalue weighted by Crippen LogP contribution is -2.40. The van der Waals surface area contributed by atoms with E-state index >= 15 is 0 Å². The maximum atomic E-state index is 12.5. The molecular formula is C25H26N4O5. The first-order valence-electron chi connectivity index (χ1n) is 11.1. The average Bonchev–Trinajstić information content (AvgIpc) is 3.35. The van der Waals surface area contributed by atoms with Crippen molar-refractivity contribution in [3.05, 3.63) is 71.4 Å². The molecule has 0 radical (unpaired) electrons. The highest BCUT2D eigenvalue weighted by atomic mass is 16.5. The van der Waals surface area contributed by atoms with Crippen molar-refractivity contribution >= 4 is 23.8 Å². The van der Waals surface area contributed by atoms with Gasteiger partial charge in [-0.05, 0) is 28.7 Å². The summed E-state index contributed by atoms with van der Waals surface area (Å²) in [6.07, 6.45) is 0.235. The van der Waals surface area contributed by atoms with Crippen molar-refractivity contribution in [3.63, 3.8) is 0 Å². The number of nitrogens with zero attached hydrogens (tertiary/aromatic N) is 2. The molecule has 2 amide bonds. The molecule has 1 aliphatic rings. The summed E-state index contributed by atoms with van der Waals surface area (Å²) < 4.78 is 6.85. The largest absolute Gasteiger partial charge is 0.480 e. The number of rotatable bonds is 8. The summed E-state index contributed by atoms with van der Waals surface area (Å²) in [5.74, 6) is -1.55. The molecule has 1 heterocycles. The van der Waals surface area contributed by atoms with E-state index in [-0.39, 0.29) is 24.0 Å². The van der Waals surface area contributed by atoms with Crippen molar-refractivity contribution in [1.29, 1.82) is 0 Å². The number of nitrogens with one attached hydrogen (secondary N) is 2. The Kier molecular flexibility index (Phi) is 6.62. The number of ether oxygens (including phenoxy) is 1. The molecule has 4 rings (SSSR count). The van der Waals surface area contributed by atoms with Crippen LogP contribution in [0.25, 0.3) is 11.1 Å². The van der Waals surface area contributed by atoms with Crippen LogP contribution in [0.4, 0.5) is 10.6 Å². The fourth-order valence-electron chi connectivity index (χ4n) is 4.21. The Balaban J connectivity index is 1.40. The Morgan fingerprint density at radius 3 is 2.29 bits per heavy atom. The summed E-state index contributed by atoms with van der Waals surface area (Å²) in [6, 6.07) is 16.5. The number of anilines is 1. The van der Waals surface area contributed by atoms with Crippen molar-refractivity contribution < 1.29 is 24.2 Å². The average molecular weight is 463 g/mol. The van der Waals surface area contributed by atoms with Gasteiger partial charge >= 0.3 is 12.1 Å². The fraction of sp³-hybridized carbons (Fsp3) is 0.280. The Morgan fingerprint density at radius 2 is 1.71 bits per heavy atom. The fourth-order valence-corrected chi connectivity index (χ4v) is 4.21. The van der Waals surface area contributed by atoms with Crippen LogP contribution in [-0.2, 0) is 16.6 Å². The van der Waals surface area contributed by atoms with Crippen molar-refractivity contribution in [2.45, 2.75) is 31.7 Å². The Bertz CT molecular complexity index is 1190. The summed E-state index contributed by atoms with van der Waals surface area (Å²) in [5.41, 5.74) is 4.49. The summed E-state index contributed by atoms with van der Waals surface area (Å²) in [6.45, 7) is 1.99. The van der Waals surface area contributed by atoms with Crippen molar-refractivity contribution in [2.75, 3.05) is 11.9 Å². The first-order chi connectivity index (χ1) is 16.4. The highest BCUT2D eigenvalue weighted by Crippen LogP contribution is 2.44. The zero-order valence-corrected chi connectivity index (χ0v) is 18.9. The standard InChI is InChI=1S/C25H26N4O5/c1-3-8-20(24(31)32)26-23(30)21-13-22(29(2)28-21)27-25(33)34-14-19-17-11-6-4-9-15(17)16-10-5-7-12-18(16)19/h4-7,9-13,19-20H,3,8,14H2,1-2H3,(H,26,30)(H,27,33)(H,31,32). The molecule has 0 fully saturated rings. The van der Waals surface area contributed by atoms with Gasteiger partial charge < -0.3 is 15.2 Å². The molecule has 1 atom stereocenters. The molecule has 9 heteroatoms. The number of carbonyl (C=O) groups is 3. The zero-order chi connectivity index (χ0) is 24.2. The lowest BCUT2D eigenvalue weighted by molar-refractivity contribution is -0.139. The van der Waals surface area contributed by atoms with Gasteiger partial charge in [-0.1, -0.05) is 61.9 Å². The molecule has 1 unspecified atom stereocenters. The summed E-state index contributed by atoms with van der Waals surface area (Å²) in [7, 11) is 1.57. The third-order valence-corrected chi connectivity index (χ3v) is 5.87. The number of hydrogen-bond donors (Lipinski definition) is 3. The van der Waals surface area contributed by atoms with Gasteiger partial charge in [0.25, 0.3) is 5.91 Å². The molecule has 176 valence electrons. The van der Waals surface area contributed by atoms with Crippen molar-refractivity contribution in [1.82, 2.24) is 15.1 Å². The normalized spacial score (nSPS) is 13.0. The third kappa shape index (κ3) is 4.63. The van der Waals surface area contributed by atoms with Crippen molar-refractivity contribution in [2.24, 2.45) is 7.05 Å². The van der Waals surface area contributed by atoms with Gasteiger partial charge in [-0.3, -0.25) is 14.8 Å². The van der Waals surface area contributed by atoms with Gasteiger partial charge in [-0.15, -0.1) is 0 Å². The SMILES string of the molecule is CCCC(NC(=O)c1cc(NC(=O)OCC2c3ccccc3-c3ccccc32)n(C)n1)C(=O)O. The molecule has 3 aromatic rings. The number of carbonyl (C=O) groups excluding carboxylic acids is 2. The van der Waals surface area contributed by atoms with Crippen LogP contribution in [0.5, 0.6) is 0 Å². The Morgan fingerprint density at radius 1 is 1.09 bits per heavy atom. The summed E-state index contributed by atoms with van der Waals surface area (Å²) in [5, 5.41) is 18.4. The van der Waals surface area contributed by atoms with Crippen LogP contribution in [0, 0.1) is 0 Å². The molecule has 0 aliphatic heterocycles. The maximum absolute atomic E-state index is 12.5. The van der Waals surface area contributed by atoms with Crippen LogP contribution in [-0.4, -0.2) is 45.5 Å². The van der Waals surface area contributed by atoms with E-state index in [1.807, 2.05) is 43.3 Å². The second kappa shape index (κ2) is 9.78. The van der Waals surface area contributed by atoms with Crippen LogP contribution < -0.4 is 10.6 Å². The molecule has 0 spiro atoms. The minimum atomic E-state index is -1.11. The van der Waals surface area contributed by atoms with E-state index in [4.69, 9.17) is 4.74 Å². The van der Waals surface area contributed by atoms with E-state index in [1.165, 1.54) is 10.7 Å². The molecule has 34 heavy (non-hydrogen) atoms. The Labute approximate surface area is 196 Å². The van der Waals surface area contributed by atoms with Gasteiger partial charge in [0.2, 0.25) is 0 Å². The minimum Gasteiger partial charge on any atom is -0.480 e. The van der Waals surface area contributed by atoms with E-state index in [9.17, 15) is 19.5 Å². The van der Waals surface area contributed by atoms with Crippen molar-refractivity contribution in [3.8, 4) is 11.1 Å². The van der Waals surface area contributed by atoms with E-state index in [0.717, 1.165) is 22.3 Å². The number of aliphatic carboxylic acids is 1. The smallest absolute Gasteiger partial charge is 0.412 e. The van der Waals surface area contributed by atoms with E-state index in [1.54, 1.807) is 7.05 Å². The third-order valence-electron chi connectivity index (χ3n) is 5.87. The van der Waals surface area contributed by atoms with Gasteiger partial charge in [0.05, 0.1) is 0 Å². The molecule has 0 saturated heterocycles. The maximum Gasteiger partial charge on any atom is 0.412 e.